The molecule has 1 aromatic carbocycles. The number of rotatable bonds is 7. The first-order chi connectivity index (χ1) is 7.97. The van der Waals surface area contributed by atoms with Crippen LogP contribution in [0.25, 0.3) is 0 Å². The average Bonchev–Trinajstić information content (AvgIpc) is 2.23. The van der Waals surface area contributed by atoms with Crippen LogP contribution in [0.4, 0.5) is 0 Å². The molecule has 1 aromatic rings. The van der Waals surface area contributed by atoms with Gasteiger partial charge in [0.2, 0.25) is 0 Å². The highest BCUT2D eigenvalue weighted by Crippen LogP contribution is 2.06. The Hall–Kier alpha value is -1.33. The molecule has 0 atom stereocenters. The van der Waals surface area contributed by atoms with Crippen LogP contribution in [-0.2, 0) is 25.6 Å². The predicted molar refractivity (Wildman–Crippen MR) is 65.8 cm³/mol. The van der Waals surface area contributed by atoms with E-state index in [9.17, 15) is 8.42 Å². The Morgan fingerprint density at radius 1 is 1.29 bits per heavy atom. The SMILES string of the molecule is C=C(CCOCc1ccccc1)OS(C)(=O)=O. The summed E-state index contributed by atoms with van der Waals surface area (Å²) < 4.78 is 31.5. The molecule has 0 bridgehead atoms. The van der Waals surface area contributed by atoms with Crippen molar-refractivity contribution in [3.8, 4) is 0 Å². The Bertz CT molecular complexity index is 451. The van der Waals surface area contributed by atoms with Crippen LogP contribution < -0.4 is 0 Å². The summed E-state index contributed by atoms with van der Waals surface area (Å²) in [5.41, 5.74) is 1.07. The highest BCUT2D eigenvalue weighted by molar-refractivity contribution is 7.86. The van der Waals surface area contributed by atoms with Crippen LogP contribution in [-0.4, -0.2) is 21.3 Å². The average molecular weight is 256 g/mol. The molecule has 0 amide bonds. The van der Waals surface area contributed by atoms with Crippen molar-refractivity contribution in [1.82, 2.24) is 0 Å². The summed E-state index contributed by atoms with van der Waals surface area (Å²) in [5.74, 6) is 0.195. The Kier molecular flexibility index (Phi) is 5.18. The zero-order valence-corrected chi connectivity index (χ0v) is 10.6. The standard InChI is InChI=1S/C12H16O4S/c1-11(16-17(2,13)14)8-9-15-10-12-6-4-3-5-7-12/h3-7H,1,8-10H2,2H3. The lowest BCUT2D eigenvalue weighted by Crippen LogP contribution is -2.04. The van der Waals surface area contributed by atoms with E-state index in [1.807, 2.05) is 30.3 Å². The van der Waals surface area contributed by atoms with E-state index in [2.05, 4.69) is 10.8 Å². The number of hydrogen-bond acceptors (Lipinski definition) is 4. The molecule has 5 heteroatoms. The van der Waals surface area contributed by atoms with Gasteiger partial charge in [-0.2, -0.15) is 8.42 Å². The molecule has 17 heavy (non-hydrogen) atoms. The molecule has 0 aromatic heterocycles. The molecule has 0 spiro atoms. The summed E-state index contributed by atoms with van der Waals surface area (Å²) in [6.07, 6.45) is 1.35. The minimum absolute atomic E-state index is 0.195. The highest BCUT2D eigenvalue weighted by Gasteiger charge is 2.04. The lowest BCUT2D eigenvalue weighted by molar-refractivity contribution is 0.118. The molecule has 0 aliphatic rings. The molecule has 0 saturated heterocycles. The van der Waals surface area contributed by atoms with Crippen LogP contribution in [0.1, 0.15) is 12.0 Å². The van der Waals surface area contributed by atoms with Crippen molar-refractivity contribution >= 4 is 10.1 Å². The largest absolute Gasteiger partial charge is 0.388 e. The van der Waals surface area contributed by atoms with Gasteiger partial charge < -0.3 is 8.92 Å². The van der Waals surface area contributed by atoms with Gasteiger partial charge in [0.25, 0.3) is 0 Å². The second-order valence-corrected chi connectivity index (χ2v) is 5.19. The third kappa shape index (κ3) is 6.76. The lowest BCUT2D eigenvalue weighted by Gasteiger charge is -2.07. The van der Waals surface area contributed by atoms with Gasteiger partial charge in [0.15, 0.2) is 0 Å². The van der Waals surface area contributed by atoms with Gasteiger partial charge >= 0.3 is 10.1 Å². The summed E-state index contributed by atoms with van der Waals surface area (Å²) in [6.45, 7) is 4.37. The van der Waals surface area contributed by atoms with Crippen molar-refractivity contribution < 1.29 is 17.3 Å². The molecule has 0 unspecified atom stereocenters. The second-order valence-electron chi connectivity index (χ2n) is 3.61. The molecule has 0 radical (unpaired) electrons. The van der Waals surface area contributed by atoms with Gasteiger partial charge in [-0.25, -0.2) is 0 Å². The van der Waals surface area contributed by atoms with Crippen LogP contribution in [0, 0.1) is 0 Å². The van der Waals surface area contributed by atoms with Gasteiger partial charge in [0.1, 0.15) is 5.76 Å². The Labute approximate surface area is 102 Å². The van der Waals surface area contributed by atoms with Gasteiger partial charge in [-0.15, -0.1) is 0 Å². The van der Waals surface area contributed by atoms with E-state index in [0.717, 1.165) is 11.8 Å². The van der Waals surface area contributed by atoms with Gasteiger partial charge in [-0.05, 0) is 5.56 Å². The summed E-state index contributed by atoms with van der Waals surface area (Å²) in [6, 6.07) is 9.73. The minimum Gasteiger partial charge on any atom is -0.388 e. The fourth-order valence-electron chi connectivity index (χ4n) is 1.21. The third-order valence-electron chi connectivity index (χ3n) is 1.91. The van der Waals surface area contributed by atoms with Crippen LogP contribution in [0.5, 0.6) is 0 Å². The molecule has 0 saturated carbocycles. The topological polar surface area (TPSA) is 52.6 Å². The van der Waals surface area contributed by atoms with Crippen molar-refractivity contribution in [2.45, 2.75) is 13.0 Å². The lowest BCUT2D eigenvalue weighted by atomic mass is 10.2. The summed E-state index contributed by atoms with van der Waals surface area (Å²) in [5, 5.41) is 0. The summed E-state index contributed by atoms with van der Waals surface area (Å²) in [7, 11) is -3.47. The first-order valence-electron chi connectivity index (χ1n) is 5.16. The van der Waals surface area contributed by atoms with Crippen molar-refractivity contribution in [3.63, 3.8) is 0 Å². The van der Waals surface area contributed by atoms with Crippen LogP contribution >= 0.6 is 0 Å². The Morgan fingerprint density at radius 2 is 1.94 bits per heavy atom. The van der Waals surface area contributed by atoms with Gasteiger partial charge in [-0.1, -0.05) is 36.9 Å². The predicted octanol–water partition coefficient (Wildman–Crippen LogP) is 2.08. The Morgan fingerprint density at radius 3 is 2.53 bits per heavy atom. The van der Waals surface area contributed by atoms with Gasteiger partial charge in [0, 0.05) is 6.42 Å². The molecule has 1 rings (SSSR count). The van der Waals surface area contributed by atoms with Gasteiger partial charge in [-0.3, -0.25) is 0 Å². The fourth-order valence-corrected chi connectivity index (χ4v) is 1.72. The fraction of sp³-hybridized carbons (Fsp3) is 0.333. The van der Waals surface area contributed by atoms with Crippen LogP contribution in [0.15, 0.2) is 42.7 Å². The minimum atomic E-state index is -3.47. The van der Waals surface area contributed by atoms with Crippen LogP contribution in [0.3, 0.4) is 0 Å². The van der Waals surface area contributed by atoms with E-state index in [-0.39, 0.29) is 5.76 Å². The van der Waals surface area contributed by atoms with Crippen molar-refractivity contribution in [3.05, 3.63) is 48.2 Å². The van der Waals surface area contributed by atoms with Crippen molar-refractivity contribution in [2.75, 3.05) is 12.9 Å². The van der Waals surface area contributed by atoms with E-state index >= 15 is 0 Å². The van der Waals surface area contributed by atoms with Gasteiger partial charge in [0.05, 0.1) is 19.5 Å². The van der Waals surface area contributed by atoms with Crippen molar-refractivity contribution in [1.29, 1.82) is 0 Å². The quantitative estimate of drug-likeness (QED) is 0.426. The van der Waals surface area contributed by atoms with E-state index in [0.29, 0.717) is 19.6 Å². The van der Waals surface area contributed by atoms with E-state index in [1.165, 1.54) is 0 Å². The monoisotopic (exact) mass is 256 g/mol. The molecule has 0 heterocycles. The first kappa shape index (κ1) is 13.7. The maximum absolute atomic E-state index is 10.8. The number of ether oxygens (including phenoxy) is 1. The molecule has 0 aliphatic carbocycles. The molecule has 0 aliphatic heterocycles. The van der Waals surface area contributed by atoms with E-state index in [4.69, 9.17) is 4.74 Å². The van der Waals surface area contributed by atoms with E-state index < -0.39 is 10.1 Å². The normalized spacial score (nSPS) is 11.1. The molecular weight excluding hydrogens is 240 g/mol. The maximum atomic E-state index is 10.8. The second kappa shape index (κ2) is 6.42. The molecule has 0 fully saturated rings. The third-order valence-corrected chi connectivity index (χ3v) is 2.44. The highest BCUT2D eigenvalue weighted by atomic mass is 32.2. The van der Waals surface area contributed by atoms with E-state index in [1.54, 1.807) is 0 Å². The molecule has 4 nitrogen and oxygen atoms in total. The number of hydrogen-bond donors (Lipinski definition) is 0. The molecular formula is C12H16O4S. The summed E-state index contributed by atoms with van der Waals surface area (Å²) >= 11 is 0. The van der Waals surface area contributed by atoms with Crippen LogP contribution in [0.2, 0.25) is 0 Å². The number of benzene rings is 1. The maximum Gasteiger partial charge on any atom is 0.305 e. The zero-order valence-electron chi connectivity index (χ0n) is 9.76. The summed E-state index contributed by atoms with van der Waals surface area (Å²) in [4.78, 5) is 0. The Balaban J connectivity index is 2.19. The smallest absolute Gasteiger partial charge is 0.305 e. The molecule has 94 valence electrons. The first-order valence-corrected chi connectivity index (χ1v) is 6.98. The van der Waals surface area contributed by atoms with Crippen molar-refractivity contribution in [2.24, 2.45) is 0 Å². The zero-order chi connectivity index (χ0) is 12.7. The molecule has 0 N–H and O–H groups in total.